The lowest BCUT2D eigenvalue weighted by Gasteiger charge is -2.14. The van der Waals surface area contributed by atoms with Gasteiger partial charge in [0.25, 0.3) is 0 Å². The van der Waals surface area contributed by atoms with Crippen molar-refractivity contribution in [1.29, 1.82) is 0 Å². The molecule has 0 saturated heterocycles. The molecule has 0 aliphatic rings. The van der Waals surface area contributed by atoms with Crippen molar-refractivity contribution in [2.45, 2.75) is 0 Å². The first-order chi connectivity index (χ1) is 30.8. The fraction of sp³-hybridized carbons (Fsp3) is 0. The lowest BCUT2D eigenvalue weighted by Crippen LogP contribution is -2.00. The molecule has 290 valence electrons. The summed E-state index contributed by atoms with van der Waals surface area (Å²) in [5.74, 6) is 0. The minimum atomic E-state index is 1.09. The molecule has 62 heavy (non-hydrogen) atoms. The van der Waals surface area contributed by atoms with E-state index in [1.165, 1.54) is 65.4 Å². The van der Waals surface area contributed by atoms with Crippen LogP contribution in [0.4, 0.5) is 0 Å². The van der Waals surface area contributed by atoms with Gasteiger partial charge in [-0.15, -0.1) is 0 Å². The molecule has 4 nitrogen and oxygen atoms in total. The largest absolute Gasteiger partial charge is 0.316 e. The van der Waals surface area contributed by atoms with E-state index >= 15 is 0 Å². The van der Waals surface area contributed by atoms with Gasteiger partial charge in [0, 0.05) is 72.4 Å². The third-order valence-corrected chi connectivity index (χ3v) is 12.8. The molecule has 4 heterocycles. The van der Waals surface area contributed by atoms with Crippen LogP contribution in [0.15, 0.2) is 231 Å². The highest BCUT2D eigenvalue weighted by atomic mass is 15.0. The van der Waals surface area contributed by atoms with E-state index < -0.39 is 0 Å². The highest BCUT2D eigenvalue weighted by molar-refractivity contribution is 6.11. The summed E-state index contributed by atoms with van der Waals surface area (Å²) in [6.45, 7) is 0. The Hall–Kier alpha value is -8.34. The van der Waals surface area contributed by atoms with Gasteiger partial charge < -0.3 is 18.3 Å². The topological polar surface area (TPSA) is 19.7 Å². The zero-order valence-corrected chi connectivity index (χ0v) is 33.7. The Balaban J connectivity index is 1.02. The molecule has 13 rings (SSSR count). The summed E-state index contributed by atoms with van der Waals surface area (Å²) in [7, 11) is 0. The van der Waals surface area contributed by atoms with Crippen LogP contribution in [0, 0.1) is 0 Å². The molecule has 4 aromatic heterocycles. The number of nitrogens with zero attached hydrogens (tertiary/aromatic N) is 4. The smallest absolute Gasteiger partial charge is 0.0541 e. The summed E-state index contributed by atoms with van der Waals surface area (Å²) in [5, 5.41) is 7.53. The molecule has 0 aliphatic heterocycles. The molecular weight excluding hydrogens is 753 g/mol. The Labute approximate surface area is 358 Å². The van der Waals surface area contributed by atoms with Gasteiger partial charge in [-0.2, -0.15) is 0 Å². The summed E-state index contributed by atoms with van der Waals surface area (Å²) in [6, 6.07) is 81.7. The zero-order chi connectivity index (χ0) is 40.7. The van der Waals surface area contributed by atoms with E-state index in [2.05, 4.69) is 249 Å². The number of benzene rings is 9. The molecule has 0 amide bonds. The first kappa shape index (κ1) is 34.5. The number of hydrogen-bond donors (Lipinski definition) is 0. The van der Waals surface area contributed by atoms with E-state index in [-0.39, 0.29) is 0 Å². The fourth-order valence-corrected chi connectivity index (χ4v) is 10.1. The highest BCUT2D eigenvalue weighted by Gasteiger charge is 2.18. The average Bonchev–Trinajstić information content (AvgIpc) is 4.11. The van der Waals surface area contributed by atoms with Crippen molar-refractivity contribution < 1.29 is 0 Å². The predicted molar refractivity (Wildman–Crippen MR) is 260 cm³/mol. The monoisotopic (exact) mass is 790 g/mol. The highest BCUT2D eigenvalue weighted by Crippen LogP contribution is 2.39. The van der Waals surface area contributed by atoms with E-state index in [1.807, 2.05) is 0 Å². The zero-order valence-electron chi connectivity index (χ0n) is 33.7. The first-order valence-corrected chi connectivity index (χ1v) is 21.3. The number of para-hydroxylation sites is 6. The van der Waals surface area contributed by atoms with Crippen molar-refractivity contribution in [3.05, 3.63) is 231 Å². The van der Waals surface area contributed by atoms with Gasteiger partial charge in [0.1, 0.15) is 0 Å². The van der Waals surface area contributed by atoms with Crippen LogP contribution in [0.3, 0.4) is 0 Å². The van der Waals surface area contributed by atoms with Crippen molar-refractivity contribution in [3.8, 4) is 45.1 Å². The summed E-state index contributed by atoms with van der Waals surface area (Å²) in [4.78, 5) is 0. The van der Waals surface area contributed by atoms with Gasteiger partial charge in [0.15, 0.2) is 0 Å². The van der Waals surface area contributed by atoms with Gasteiger partial charge in [-0.25, -0.2) is 0 Å². The maximum Gasteiger partial charge on any atom is 0.0541 e. The fourth-order valence-electron chi connectivity index (χ4n) is 10.1. The van der Waals surface area contributed by atoms with E-state index in [0.29, 0.717) is 0 Å². The van der Waals surface area contributed by atoms with Crippen molar-refractivity contribution in [2.75, 3.05) is 0 Å². The van der Waals surface area contributed by atoms with E-state index in [1.54, 1.807) is 0 Å². The molecule has 0 bridgehead atoms. The van der Waals surface area contributed by atoms with Crippen LogP contribution in [0.25, 0.3) is 111 Å². The van der Waals surface area contributed by atoms with Crippen LogP contribution in [-0.4, -0.2) is 18.3 Å². The number of hydrogen-bond acceptors (Lipinski definition) is 0. The summed E-state index contributed by atoms with van der Waals surface area (Å²) in [5.41, 5.74) is 16.2. The third-order valence-electron chi connectivity index (χ3n) is 12.8. The van der Waals surface area contributed by atoms with E-state index in [0.717, 1.165) is 45.1 Å². The molecule has 0 N–H and O–H groups in total. The second-order valence-electron chi connectivity index (χ2n) is 16.2. The van der Waals surface area contributed by atoms with Gasteiger partial charge in [-0.1, -0.05) is 140 Å². The van der Waals surface area contributed by atoms with Gasteiger partial charge in [-0.05, 0) is 90.5 Å². The van der Waals surface area contributed by atoms with Crippen LogP contribution in [0.1, 0.15) is 0 Å². The van der Waals surface area contributed by atoms with Crippen LogP contribution < -0.4 is 0 Å². The Bertz CT molecular complexity index is 3550. The van der Waals surface area contributed by atoms with Crippen LogP contribution in [0.2, 0.25) is 0 Å². The second kappa shape index (κ2) is 13.6. The van der Waals surface area contributed by atoms with Gasteiger partial charge >= 0.3 is 0 Å². The van der Waals surface area contributed by atoms with Crippen molar-refractivity contribution in [2.24, 2.45) is 0 Å². The Kier molecular flexibility index (Phi) is 7.57. The SMILES string of the molecule is c1cc(-c2cc(-c3cccc(-n4c5ccccc5c5ccccc54)c3)n(-c3cccc(-n4c5ccccc5c5ccccc54)c3)c2)cc(-n2c3ccccc3c3ccccc32)c1. The molecule has 0 saturated carbocycles. The van der Waals surface area contributed by atoms with Crippen LogP contribution in [-0.2, 0) is 0 Å². The summed E-state index contributed by atoms with van der Waals surface area (Å²) in [6.07, 6.45) is 2.32. The molecule has 0 fully saturated rings. The van der Waals surface area contributed by atoms with Crippen molar-refractivity contribution >= 4 is 65.4 Å². The molecule has 9 aromatic carbocycles. The van der Waals surface area contributed by atoms with Gasteiger partial charge in [0.05, 0.1) is 38.8 Å². The van der Waals surface area contributed by atoms with Gasteiger partial charge in [-0.3, -0.25) is 0 Å². The van der Waals surface area contributed by atoms with Crippen molar-refractivity contribution in [3.63, 3.8) is 0 Å². The van der Waals surface area contributed by atoms with Gasteiger partial charge in [0.2, 0.25) is 0 Å². The Morgan fingerprint density at radius 2 is 0.548 bits per heavy atom. The van der Waals surface area contributed by atoms with E-state index in [4.69, 9.17) is 0 Å². The van der Waals surface area contributed by atoms with Crippen LogP contribution in [0.5, 0.6) is 0 Å². The lowest BCUT2D eigenvalue weighted by atomic mass is 10.1. The molecule has 13 aromatic rings. The minimum absolute atomic E-state index is 1.09. The third kappa shape index (κ3) is 5.20. The average molecular weight is 791 g/mol. The molecule has 0 unspecified atom stereocenters. The maximum atomic E-state index is 2.40. The van der Waals surface area contributed by atoms with Crippen LogP contribution >= 0.6 is 0 Å². The predicted octanol–water partition coefficient (Wildman–Crippen LogP) is 15.1. The maximum absolute atomic E-state index is 2.40. The molecule has 0 atom stereocenters. The number of rotatable bonds is 6. The number of fused-ring (bicyclic) bond motifs is 9. The molecule has 0 aliphatic carbocycles. The standard InChI is InChI=1S/C58H38N4/c1-7-28-52-46(22-1)47-23-2-8-29-53(47)60(52)43-19-13-16-39(34-43)41-36-58(40-17-14-20-44(35-40)61-54-30-9-3-24-48(54)49-25-4-10-31-55(49)61)59(38-41)42-18-15-21-45(37-42)62-56-32-11-5-26-50(56)51-27-6-12-33-57(51)62/h1-38H. The minimum Gasteiger partial charge on any atom is -0.316 e. The van der Waals surface area contributed by atoms with E-state index in [9.17, 15) is 0 Å². The summed E-state index contributed by atoms with van der Waals surface area (Å²) >= 11 is 0. The lowest BCUT2D eigenvalue weighted by molar-refractivity contribution is 1.07. The van der Waals surface area contributed by atoms with Crippen molar-refractivity contribution in [1.82, 2.24) is 18.3 Å². The Morgan fingerprint density at radius 1 is 0.226 bits per heavy atom. The second-order valence-corrected chi connectivity index (χ2v) is 16.2. The molecular formula is C58H38N4. The Morgan fingerprint density at radius 3 is 0.968 bits per heavy atom. The molecule has 0 spiro atoms. The first-order valence-electron chi connectivity index (χ1n) is 21.3. The number of aromatic nitrogens is 4. The quantitative estimate of drug-likeness (QED) is 0.160. The molecule has 0 radical (unpaired) electrons. The molecule has 4 heteroatoms. The normalized spacial score (nSPS) is 11.9. The summed E-state index contributed by atoms with van der Waals surface area (Å²) < 4.78 is 9.58.